The molecule has 2 N–H and O–H groups in total. The number of hydrogen-bond donors (Lipinski definition) is 1. The van der Waals surface area contributed by atoms with Gasteiger partial charge in [-0.1, -0.05) is 33.1 Å². The summed E-state index contributed by atoms with van der Waals surface area (Å²) in [5.74, 6) is -0.0806. The van der Waals surface area contributed by atoms with Crippen LogP contribution in [0.2, 0.25) is 0 Å². The van der Waals surface area contributed by atoms with Gasteiger partial charge in [-0.15, -0.1) is 0 Å². The molecule has 13 heavy (non-hydrogen) atoms. The Kier molecular flexibility index (Phi) is 6.59. The fourth-order valence-electron chi connectivity index (χ4n) is 1.26. The predicted octanol–water partition coefficient (Wildman–Crippen LogP) is 1.70. The van der Waals surface area contributed by atoms with Crippen LogP contribution in [0.15, 0.2) is 0 Å². The highest BCUT2D eigenvalue weighted by Gasteiger charge is 2.20. The van der Waals surface area contributed by atoms with Crippen LogP contribution in [0.3, 0.4) is 0 Å². The van der Waals surface area contributed by atoms with Crippen molar-refractivity contribution in [1.29, 1.82) is 0 Å². The van der Waals surface area contributed by atoms with Gasteiger partial charge in [-0.3, -0.25) is 4.79 Å². The highest BCUT2D eigenvalue weighted by atomic mass is 16.5. The molecule has 0 amide bonds. The largest absolute Gasteiger partial charge is 0.468 e. The maximum Gasteiger partial charge on any atom is 0.322 e. The molecule has 0 aromatic carbocycles. The lowest BCUT2D eigenvalue weighted by Crippen LogP contribution is -2.37. The fraction of sp³-hybridized carbons (Fsp3) is 0.900. The van der Waals surface area contributed by atoms with E-state index in [9.17, 15) is 4.79 Å². The first kappa shape index (κ1) is 12.4. The van der Waals surface area contributed by atoms with Crippen molar-refractivity contribution in [1.82, 2.24) is 0 Å². The number of ether oxygens (including phenoxy) is 1. The minimum atomic E-state index is -0.457. The summed E-state index contributed by atoms with van der Waals surface area (Å²) in [5.41, 5.74) is 5.68. The molecule has 78 valence electrons. The summed E-state index contributed by atoms with van der Waals surface area (Å²) in [7, 11) is 1.38. The normalized spacial score (nSPS) is 15.1. The SMILES string of the molecule is CCCCCC(C)C(N)C(=O)OC. The maximum atomic E-state index is 11.0. The van der Waals surface area contributed by atoms with E-state index in [0.29, 0.717) is 0 Å². The number of unbranched alkanes of at least 4 members (excludes halogenated alkanes) is 2. The van der Waals surface area contributed by atoms with Crippen molar-refractivity contribution < 1.29 is 9.53 Å². The van der Waals surface area contributed by atoms with Crippen molar-refractivity contribution >= 4 is 5.97 Å². The molecule has 0 fully saturated rings. The summed E-state index contributed by atoms with van der Waals surface area (Å²) in [6.45, 7) is 4.15. The topological polar surface area (TPSA) is 52.3 Å². The second-order valence-corrected chi connectivity index (χ2v) is 3.52. The molecule has 0 bridgehead atoms. The van der Waals surface area contributed by atoms with Gasteiger partial charge >= 0.3 is 5.97 Å². The number of nitrogens with two attached hydrogens (primary N) is 1. The van der Waals surface area contributed by atoms with Crippen LogP contribution in [-0.2, 0) is 9.53 Å². The van der Waals surface area contributed by atoms with Gasteiger partial charge in [0.2, 0.25) is 0 Å². The van der Waals surface area contributed by atoms with E-state index < -0.39 is 6.04 Å². The summed E-state index contributed by atoms with van der Waals surface area (Å²) >= 11 is 0. The Hall–Kier alpha value is -0.570. The Morgan fingerprint density at radius 3 is 2.54 bits per heavy atom. The third-order valence-corrected chi connectivity index (χ3v) is 2.35. The van der Waals surface area contributed by atoms with Crippen LogP contribution < -0.4 is 5.73 Å². The second kappa shape index (κ2) is 6.89. The summed E-state index contributed by atoms with van der Waals surface area (Å²) < 4.78 is 4.58. The molecule has 0 aromatic heterocycles. The molecule has 0 saturated carbocycles. The Balaban J connectivity index is 3.68. The summed E-state index contributed by atoms with van der Waals surface area (Å²) in [5, 5.41) is 0. The highest BCUT2D eigenvalue weighted by Crippen LogP contribution is 2.12. The first-order valence-electron chi connectivity index (χ1n) is 4.96. The number of methoxy groups -OCH3 is 1. The zero-order chi connectivity index (χ0) is 10.3. The molecule has 0 radical (unpaired) electrons. The van der Waals surface area contributed by atoms with Gasteiger partial charge in [-0.05, 0) is 12.3 Å². The molecule has 0 heterocycles. The molecule has 3 heteroatoms. The first-order valence-corrected chi connectivity index (χ1v) is 4.96. The van der Waals surface area contributed by atoms with Crippen LogP contribution in [0.25, 0.3) is 0 Å². The van der Waals surface area contributed by atoms with Crippen molar-refractivity contribution in [2.45, 2.75) is 45.6 Å². The van der Waals surface area contributed by atoms with Crippen molar-refractivity contribution in [3.05, 3.63) is 0 Å². The van der Waals surface area contributed by atoms with Gasteiger partial charge < -0.3 is 10.5 Å². The lowest BCUT2D eigenvalue weighted by molar-refractivity contribution is -0.143. The lowest BCUT2D eigenvalue weighted by Gasteiger charge is -2.16. The fourth-order valence-corrected chi connectivity index (χ4v) is 1.26. The Morgan fingerprint density at radius 2 is 2.08 bits per heavy atom. The van der Waals surface area contributed by atoms with E-state index in [4.69, 9.17) is 5.73 Å². The van der Waals surface area contributed by atoms with Crippen molar-refractivity contribution in [3.8, 4) is 0 Å². The van der Waals surface area contributed by atoms with Crippen LogP contribution in [0.5, 0.6) is 0 Å². The zero-order valence-electron chi connectivity index (χ0n) is 8.88. The maximum absolute atomic E-state index is 11.0. The molecule has 0 aliphatic rings. The summed E-state index contributed by atoms with van der Waals surface area (Å²) in [6, 6.07) is -0.457. The third-order valence-electron chi connectivity index (χ3n) is 2.35. The van der Waals surface area contributed by atoms with Crippen molar-refractivity contribution in [3.63, 3.8) is 0 Å². The first-order chi connectivity index (χ1) is 6.13. The lowest BCUT2D eigenvalue weighted by atomic mass is 9.96. The molecule has 3 nitrogen and oxygen atoms in total. The zero-order valence-corrected chi connectivity index (χ0v) is 8.88. The summed E-state index contributed by atoms with van der Waals surface area (Å²) in [4.78, 5) is 11.0. The molecule has 0 rings (SSSR count). The quantitative estimate of drug-likeness (QED) is 0.508. The number of hydrogen-bond acceptors (Lipinski definition) is 3. The van der Waals surface area contributed by atoms with Crippen molar-refractivity contribution in [2.24, 2.45) is 11.7 Å². The molecular formula is C10H21NO2. The Labute approximate surface area is 80.6 Å². The van der Waals surface area contributed by atoms with Gasteiger partial charge in [0.25, 0.3) is 0 Å². The number of carbonyl (C=O) groups excluding carboxylic acids is 1. The van der Waals surface area contributed by atoms with Gasteiger partial charge in [0.1, 0.15) is 6.04 Å². The van der Waals surface area contributed by atoms with Crippen LogP contribution in [0.4, 0.5) is 0 Å². The van der Waals surface area contributed by atoms with Crippen molar-refractivity contribution in [2.75, 3.05) is 7.11 Å². The second-order valence-electron chi connectivity index (χ2n) is 3.52. The number of carbonyl (C=O) groups is 1. The Morgan fingerprint density at radius 1 is 1.46 bits per heavy atom. The average molecular weight is 187 g/mol. The number of rotatable bonds is 6. The van der Waals surface area contributed by atoms with E-state index in [1.54, 1.807) is 0 Å². The standard InChI is InChI=1S/C10H21NO2/c1-4-5-6-7-8(2)9(11)10(12)13-3/h8-9H,4-7,11H2,1-3H3. The molecule has 2 unspecified atom stereocenters. The minimum absolute atomic E-state index is 0.221. The highest BCUT2D eigenvalue weighted by molar-refractivity contribution is 5.75. The average Bonchev–Trinajstić information content (AvgIpc) is 2.15. The van der Waals surface area contributed by atoms with Gasteiger partial charge in [0, 0.05) is 0 Å². The minimum Gasteiger partial charge on any atom is -0.468 e. The van der Waals surface area contributed by atoms with Gasteiger partial charge in [-0.25, -0.2) is 0 Å². The van der Waals surface area contributed by atoms with E-state index in [0.717, 1.165) is 12.8 Å². The van der Waals surface area contributed by atoms with E-state index in [-0.39, 0.29) is 11.9 Å². The third kappa shape index (κ3) is 4.88. The van der Waals surface area contributed by atoms with E-state index in [1.165, 1.54) is 20.0 Å². The Bertz CT molecular complexity index is 148. The van der Waals surface area contributed by atoms with Crippen LogP contribution in [-0.4, -0.2) is 19.1 Å². The van der Waals surface area contributed by atoms with Crippen LogP contribution in [0.1, 0.15) is 39.5 Å². The van der Waals surface area contributed by atoms with E-state index in [2.05, 4.69) is 11.7 Å². The van der Waals surface area contributed by atoms with Crippen LogP contribution >= 0.6 is 0 Å². The molecule has 0 saturated heterocycles. The molecule has 2 atom stereocenters. The molecule has 0 spiro atoms. The molecule has 0 aliphatic carbocycles. The predicted molar refractivity (Wildman–Crippen MR) is 53.3 cm³/mol. The van der Waals surface area contributed by atoms with Crippen LogP contribution in [0, 0.1) is 5.92 Å². The number of esters is 1. The van der Waals surface area contributed by atoms with E-state index in [1.807, 2.05) is 6.92 Å². The van der Waals surface area contributed by atoms with Gasteiger partial charge in [-0.2, -0.15) is 0 Å². The van der Waals surface area contributed by atoms with Gasteiger partial charge in [0.05, 0.1) is 7.11 Å². The molecule has 0 aromatic rings. The molecular weight excluding hydrogens is 166 g/mol. The monoisotopic (exact) mass is 187 g/mol. The molecule has 0 aliphatic heterocycles. The summed E-state index contributed by atoms with van der Waals surface area (Å²) in [6.07, 6.45) is 4.55. The smallest absolute Gasteiger partial charge is 0.322 e. The van der Waals surface area contributed by atoms with Gasteiger partial charge in [0.15, 0.2) is 0 Å². The van der Waals surface area contributed by atoms with E-state index >= 15 is 0 Å².